The lowest BCUT2D eigenvalue weighted by Gasteiger charge is -2.06. The molecule has 0 saturated heterocycles. The van der Waals surface area contributed by atoms with Gasteiger partial charge in [0, 0.05) is 5.71 Å². The lowest BCUT2D eigenvalue weighted by molar-refractivity contribution is 0.535. The molecule has 1 aliphatic rings. The molecule has 0 radical (unpaired) electrons. The van der Waals surface area contributed by atoms with Crippen molar-refractivity contribution in [2.24, 2.45) is 11.8 Å². The third kappa shape index (κ3) is 9.38. The highest BCUT2D eigenvalue weighted by atomic mass is 14.9. The number of hydrogen-bond donors (Lipinski definition) is 4. The molecule has 0 aromatic heterocycles. The zero-order valence-electron chi connectivity index (χ0n) is 12.9. The van der Waals surface area contributed by atoms with Crippen molar-refractivity contribution in [2.75, 3.05) is 53.4 Å². The number of rotatable bonds is 14. The number of hydrogen-bond acceptors (Lipinski definition) is 4. The van der Waals surface area contributed by atoms with Crippen LogP contribution in [0, 0.1) is 11.8 Å². The first-order valence-corrected chi connectivity index (χ1v) is 8.09. The smallest absolute Gasteiger partial charge is 0 e. The van der Waals surface area contributed by atoms with Gasteiger partial charge in [-0.05, 0) is 97.3 Å². The summed E-state index contributed by atoms with van der Waals surface area (Å²) in [4.78, 5) is 0. The summed E-state index contributed by atoms with van der Waals surface area (Å²) in [6.07, 6.45) is 6.58. The average Bonchev–Trinajstić information content (AvgIpc) is 3.16. The molecule has 19 heavy (non-hydrogen) atoms. The maximum absolute atomic E-state index is 3.59. The Balaban J connectivity index is -0.000000451. The Morgan fingerprint density at radius 2 is 1.16 bits per heavy atom. The molecule has 4 heteroatoms. The van der Waals surface area contributed by atoms with Crippen molar-refractivity contribution < 1.29 is 5.71 Å². The van der Waals surface area contributed by atoms with Crippen LogP contribution in [0.1, 0.15) is 37.8 Å². The Hall–Kier alpha value is -0.160. The minimum Gasteiger partial charge on any atom is -0.320 e. The van der Waals surface area contributed by atoms with Crippen molar-refractivity contribution in [2.45, 2.75) is 32.1 Å². The van der Waals surface area contributed by atoms with Crippen molar-refractivity contribution in [3.8, 4) is 0 Å². The lowest BCUT2D eigenvalue weighted by atomic mass is 10.2. The van der Waals surface area contributed by atoms with Crippen molar-refractivity contribution in [3.05, 3.63) is 0 Å². The van der Waals surface area contributed by atoms with E-state index in [1.54, 1.807) is 0 Å². The first kappa shape index (κ1) is 16.9. The third-order valence-corrected chi connectivity index (χ3v) is 3.94. The standard InChI is InChI=1S/C15H34N4.4H2/c1-16-7-3-5-9-18-12-14-11-15(14)13-19-10-6-4-8-17-2;;;;/h14-19H,3-13H2,1-2H3;4*1H/t14-,15-;;;;/m0..../s1. The Bertz CT molecular complexity index is 194. The highest BCUT2D eigenvalue weighted by Crippen LogP contribution is 2.36. The molecule has 0 spiro atoms. The molecule has 1 saturated carbocycles. The van der Waals surface area contributed by atoms with Crippen LogP contribution in [0.25, 0.3) is 0 Å². The van der Waals surface area contributed by atoms with Crippen LogP contribution in [0.3, 0.4) is 0 Å². The summed E-state index contributed by atoms with van der Waals surface area (Å²) in [5.74, 6) is 1.88. The van der Waals surface area contributed by atoms with Crippen LogP contribution in [0.15, 0.2) is 0 Å². The summed E-state index contributed by atoms with van der Waals surface area (Å²) in [5, 5.41) is 13.6. The van der Waals surface area contributed by atoms with Gasteiger partial charge in [-0.15, -0.1) is 0 Å². The van der Waals surface area contributed by atoms with E-state index in [0.29, 0.717) is 0 Å². The van der Waals surface area contributed by atoms with Gasteiger partial charge in [0.2, 0.25) is 0 Å². The fourth-order valence-corrected chi connectivity index (χ4v) is 2.49. The fraction of sp³-hybridized carbons (Fsp3) is 1.00. The van der Waals surface area contributed by atoms with Gasteiger partial charge >= 0.3 is 0 Å². The molecule has 0 bridgehead atoms. The summed E-state index contributed by atoms with van der Waals surface area (Å²) in [7, 11) is 4.04. The summed E-state index contributed by atoms with van der Waals surface area (Å²) >= 11 is 0. The van der Waals surface area contributed by atoms with E-state index in [-0.39, 0.29) is 5.71 Å². The molecule has 1 rings (SSSR count). The first-order chi connectivity index (χ1) is 9.38. The molecule has 1 aliphatic carbocycles. The quantitative estimate of drug-likeness (QED) is 0.366. The van der Waals surface area contributed by atoms with E-state index in [4.69, 9.17) is 0 Å². The van der Waals surface area contributed by atoms with Gasteiger partial charge in [0.05, 0.1) is 0 Å². The van der Waals surface area contributed by atoms with Crippen LogP contribution in [0.4, 0.5) is 0 Å². The minimum absolute atomic E-state index is 0. The molecule has 0 aromatic rings. The predicted molar refractivity (Wildman–Crippen MR) is 92.1 cm³/mol. The molecular weight excluding hydrogens is 236 g/mol. The van der Waals surface area contributed by atoms with Crippen molar-refractivity contribution in [1.29, 1.82) is 0 Å². The lowest BCUT2D eigenvalue weighted by Crippen LogP contribution is -2.23. The van der Waals surface area contributed by atoms with Crippen LogP contribution in [0.2, 0.25) is 0 Å². The maximum atomic E-state index is 3.59. The predicted octanol–water partition coefficient (Wildman–Crippen LogP) is 1.78. The molecule has 0 amide bonds. The molecule has 0 aliphatic heterocycles. The SMILES string of the molecule is CNCCCCNC[C@@H]1C[C@H]1CNCCCCNC.[HH].[HH].[HH].[HH]. The van der Waals surface area contributed by atoms with Gasteiger partial charge in [-0.1, -0.05) is 0 Å². The van der Waals surface area contributed by atoms with Gasteiger partial charge < -0.3 is 21.3 Å². The van der Waals surface area contributed by atoms with E-state index in [1.807, 2.05) is 14.1 Å². The average molecular weight is 279 g/mol. The van der Waals surface area contributed by atoms with E-state index in [2.05, 4.69) is 21.3 Å². The Labute approximate surface area is 125 Å². The van der Waals surface area contributed by atoms with Crippen LogP contribution < -0.4 is 21.3 Å². The zero-order valence-corrected chi connectivity index (χ0v) is 12.9. The van der Waals surface area contributed by atoms with E-state index in [1.165, 1.54) is 58.3 Å². The minimum atomic E-state index is 0. The first-order valence-electron chi connectivity index (χ1n) is 8.09. The highest BCUT2D eigenvalue weighted by molar-refractivity contribution is 4.89. The normalized spacial score (nSPS) is 21.8. The van der Waals surface area contributed by atoms with Crippen LogP contribution >= 0.6 is 0 Å². The zero-order chi connectivity index (χ0) is 13.8. The Kier molecular flexibility index (Phi) is 10.4. The molecule has 0 aromatic carbocycles. The summed E-state index contributed by atoms with van der Waals surface area (Å²) < 4.78 is 0. The second kappa shape index (κ2) is 11.6. The van der Waals surface area contributed by atoms with Crippen molar-refractivity contribution >= 4 is 0 Å². The van der Waals surface area contributed by atoms with Crippen LogP contribution in [-0.2, 0) is 0 Å². The van der Waals surface area contributed by atoms with Crippen molar-refractivity contribution in [1.82, 2.24) is 21.3 Å². The molecule has 4 nitrogen and oxygen atoms in total. The fourth-order valence-electron chi connectivity index (χ4n) is 2.49. The molecule has 0 heterocycles. The van der Waals surface area contributed by atoms with Gasteiger partial charge in [0.25, 0.3) is 0 Å². The third-order valence-electron chi connectivity index (χ3n) is 3.94. The monoisotopic (exact) mass is 278 g/mol. The molecule has 2 atom stereocenters. The van der Waals surface area contributed by atoms with E-state index < -0.39 is 0 Å². The number of unbranched alkanes of at least 4 members (excludes halogenated alkanes) is 2. The second-order valence-corrected chi connectivity index (χ2v) is 5.79. The van der Waals surface area contributed by atoms with Gasteiger partial charge in [0.15, 0.2) is 0 Å². The Morgan fingerprint density at radius 3 is 1.58 bits per heavy atom. The second-order valence-electron chi connectivity index (χ2n) is 5.79. The van der Waals surface area contributed by atoms with Crippen LogP contribution in [-0.4, -0.2) is 53.4 Å². The summed E-state index contributed by atoms with van der Waals surface area (Å²) in [6, 6.07) is 0. The van der Waals surface area contributed by atoms with E-state index in [9.17, 15) is 0 Å². The highest BCUT2D eigenvalue weighted by Gasteiger charge is 2.35. The summed E-state index contributed by atoms with van der Waals surface area (Å²) in [5.41, 5.74) is 0. The van der Waals surface area contributed by atoms with E-state index >= 15 is 0 Å². The summed E-state index contributed by atoms with van der Waals surface area (Å²) in [6.45, 7) is 7.11. The topological polar surface area (TPSA) is 48.1 Å². The Morgan fingerprint density at radius 1 is 0.737 bits per heavy atom. The van der Waals surface area contributed by atoms with Crippen LogP contribution in [0.5, 0.6) is 0 Å². The van der Waals surface area contributed by atoms with Gasteiger partial charge in [-0.25, -0.2) is 0 Å². The van der Waals surface area contributed by atoms with Gasteiger partial charge in [-0.2, -0.15) is 0 Å². The molecule has 4 N–H and O–H groups in total. The molecule has 122 valence electrons. The molecule has 1 fully saturated rings. The largest absolute Gasteiger partial charge is 0.320 e. The molecular formula is C15H42N4. The van der Waals surface area contributed by atoms with Gasteiger partial charge in [0.1, 0.15) is 0 Å². The molecule has 0 unspecified atom stereocenters. The van der Waals surface area contributed by atoms with Crippen molar-refractivity contribution in [3.63, 3.8) is 0 Å². The van der Waals surface area contributed by atoms with E-state index in [0.717, 1.165) is 24.9 Å². The maximum Gasteiger partial charge on any atom is 0 e. The number of nitrogens with one attached hydrogen (secondary N) is 4. The van der Waals surface area contributed by atoms with Gasteiger partial charge in [-0.3, -0.25) is 0 Å².